The van der Waals surface area contributed by atoms with Gasteiger partial charge >= 0.3 is 0 Å². The lowest BCUT2D eigenvalue weighted by Crippen LogP contribution is -2.33. The van der Waals surface area contributed by atoms with Crippen LogP contribution in [0.2, 0.25) is 0 Å². The minimum Gasteiger partial charge on any atom is -0.423 e. The van der Waals surface area contributed by atoms with E-state index in [4.69, 9.17) is 9.40 Å². The van der Waals surface area contributed by atoms with Gasteiger partial charge in [-0.3, -0.25) is 4.90 Å². The van der Waals surface area contributed by atoms with Crippen LogP contribution >= 0.6 is 0 Å². The van der Waals surface area contributed by atoms with Gasteiger partial charge in [-0.25, -0.2) is 4.98 Å². The SMILES string of the molecule is c1ccn2cc(CN3CCCC[C@H]3c3nnc(C4CCC4)o3)nc2c1. The van der Waals surface area contributed by atoms with Crippen LogP contribution < -0.4 is 0 Å². The molecule has 0 unspecified atom stereocenters. The predicted molar refractivity (Wildman–Crippen MR) is 93.1 cm³/mol. The van der Waals surface area contributed by atoms with E-state index in [1.54, 1.807) is 0 Å². The van der Waals surface area contributed by atoms with Crippen LogP contribution in [0.15, 0.2) is 35.0 Å². The van der Waals surface area contributed by atoms with Gasteiger partial charge in [-0.2, -0.15) is 0 Å². The van der Waals surface area contributed by atoms with Gasteiger partial charge in [0.05, 0.1) is 11.7 Å². The maximum Gasteiger partial charge on any atom is 0.233 e. The number of likely N-dealkylation sites (tertiary alicyclic amines) is 1. The van der Waals surface area contributed by atoms with E-state index in [1.165, 1.54) is 32.1 Å². The number of hydrogen-bond acceptors (Lipinski definition) is 5. The summed E-state index contributed by atoms with van der Waals surface area (Å²) < 4.78 is 8.14. The summed E-state index contributed by atoms with van der Waals surface area (Å²) in [5.41, 5.74) is 2.09. The second-order valence-electron chi connectivity index (χ2n) is 7.29. The minimum atomic E-state index is 0.222. The molecule has 6 nitrogen and oxygen atoms in total. The van der Waals surface area contributed by atoms with Gasteiger partial charge in [0.2, 0.25) is 11.8 Å². The first-order valence-electron chi connectivity index (χ1n) is 9.37. The number of pyridine rings is 1. The van der Waals surface area contributed by atoms with Crippen LogP contribution in [0, 0.1) is 0 Å². The second-order valence-corrected chi connectivity index (χ2v) is 7.29. The Kier molecular flexibility index (Phi) is 3.77. The van der Waals surface area contributed by atoms with Gasteiger partial charge in [-0.1, -0.05) is 18.9 Å². The molecule has 1 saturated heterocycles. The predicted octanol–water partition coefficient (Wildman–Crippen LogP) is 3.71. The van der Waals surface area contributed by atoms with Crippen LogP contribution in [-0.4, -0.2) is 31.0 Å². The van der Waals surface area contributed by atoms with Gasteiger partial charge in [0, 0.05) is 24.9 Å². The van der Waals surface area contributed by atoms with Crippen molar-refractivity contribution in [1.29, 1.82) is 0 Å². The van der Waals surface area contributed by atoms with Gasteiger partial charge in [0.1, 0.15) is 5.65 Å². The van der Waals surface area contributed by atoms with E-state index < -0.39 is 0 Å². The topological polar surface area (TPSA) is 59.5 Å². The second kappa shape index (κ2) is 6.26. The van der Waals surface area contributed by atoms with Crippen molar-refractivity contribution in [3.63, 3.8) is 0 Å². The summed E-state index contributed by atoms with van der Waals surface area (Å²) in [4.78, 5) is 7.19. The zero-order valence-electron chi connectivity index (χ0n) is 14.3. The molecule has 6 heteroatoms. The van der Waals surface area contributed by atoms with Crippen molar-refractivity contribution in [2.24, 2.45) is 0 Å². The molecule has 0 N–H and O–H groups in total. The van der Waals surface area contributed by atoms with Crippen LogP contribution in [0.4, 0.5) is 0 Å². The molecule has 25 heavy (non-hydrogen) atoms. The van der Waals surface area contributed by atoms with Crippen molar-refractivity contribution < 1.29 is 4.42 Å². The standard InChI is InChI=1S/C19H23N5O/c1-3-10-23(12-15-13-24-11-4-2-9-17(24)20-15)16(8-1)19-22-21-18(25-19)14-6-5-7-14/h2,4,9,11,13-14,16H,1,3,5-8,10,12H2/t16-/m0/s1. The number of piperidine rings is 1. The van der Waals surface area contributed by atoms with Crippen molar-refractivity contribution in [3.8, 4) is 0 Å². The van der Waals surface area contributed by atoms with Gasteiger partial charge in [0.25, 0.3) is 0 Å². The molecular formula is C19H23N5O. The lowest BCUT2D eigenvalue weighted by Gasteiger charge is -2.32. The summed E-state index contributed by atoms with van der Waals surface area (Å²) in [5.74, 6) is 2.14. The third-order valence-electron chi connectivity index (χ3n) is 5.59. The Morgan fingerprint density at radius 1 is 1.04 bits per heavy atom. The molecule has 0 radical (unpaired) electrons. The molecule has 1 aliphatic carbocycles. The Hall–Kier alpha value is -2.21. The van der Waals surface area contributed by atoms with E-state index in [9.17, 15) is 0 Å². The number of fused-ring (bicyclic) bond motifs is 1. The number of imidazole rings is 1. The first-order valence-corrected chi connectivity index (χ1v) is 9.37. The summed E-state index contributed by atoms with van der Waals surface area (Å²) in [7, 11) is 0. The van der Waals surface area contributed by atoms with E-state index in [0.717, 1.165) is 42.6 Å². The van der Waals surface area contributed by atoms with Crippen molar-refractivity contribution in [2.75, 3.05) is 6.54 Å². The molecule has 0 amide bonds. The summed E-state index contributed by atoms with van der Waals surface area (Å²) in [6.07, 6.45) is 11.3. The monoisotopic (exact) mass is 337 g/mol. The summed E-state index contributed by atoms with van der Waals surface area (Å²) in [6, 6.07) is 6.32. The van der Waals surface area contributed by atoms with Crippen LogP contribution in [0.3, 0.4) is 0 Å². The van der Waals surface area contributed by atoms with Gasteiger partial charge in [0.15, 0.2) is 0 Å². The Bertz CT molecular complexity index is 832. The third-order valence-corrected chi connectivity index (χ3v) is 5.59. The van der Waals surface area contributed by atoms with E-state index in [0.29, 0.717) is 5.92 Å². The third kappa shape index (κ3) is 2.84. The van der Waals surface area contributed by atoms with Crippen molar-refractivity contribution in [2.45, 2.75) is 57.0 Å². The Morgan fingerprint density at radius 2 is 1.96 bits per heavy atom. The highest BCUT2D eigenvalue weighted by atomic mass is 16.4. The van der Waals surface area contributed by atoms with Crippen LogP contribution in [-0.2, 0) is 6.54 Å². The van der Waals surface area contributed by atoms with Crippen LogP contribution in [0.5, 0.6) is 0 Å². The first-order chi connectivity index (χ1) is 12.4. The van der Waals surface area contributed by atoms with E-state index in [1.807, 2.05) is 24.4 Å². The minimum absolute atomic E-state index is 0.222. The zero-order valence-corrected chi connectivity index (χ0v) is 14.3. The van der Waals surface area contributed by atoms with E-state index in [-0.39, 0.29) is 6.04 Å². The van der Waals surface area contributed by atoms with Crippen molar-refractivity contribution in [3.05, 3.63) is 48.1 Å². The molecule has 2 aliphatic rings. The average Bonchev–Trinajstić information content (AvgIpc) is 3.20. The zero-order chi connectivity index (χ0) is 16.6. The lowest BCUT2D eigenvalue weighted by molar-refractivity contribution is 0.114. The molecule has 3 aromatic rings. The Labute approximate surface area is 146 Å². The smallest absolute Gasteiger partial charge is 0.233 e. The number of hydrogen-bond donors (Lipinski definition) is 0. The van der Waals surface area contributed by atoms with Gasteiger partial charge < -0.3 is 8.82 Å². The average molecular weight is 337 g/mol. The lowest BCUT2D eigenvalue weighted by atomic mass is 9.85. The largest absolute Gasteiger partial charge is 0.423 e. The van der Waals surface area contributed by atoms with Gasteiger partial charge in [-0.05, 0) is 44.4 Å². The highest BCUT2D eigenvalue weighted by Crippen LogP contribution is 2.37. The quantitative estimate of drug-likeness (QED) is 0.726. The maximum absolute atomic E-state index is 6.06. The fourth-order valence-electron chi connectivity index (χ4n) is 3.93. The van der Waals surface area contributed by atoms with Crippen molar-refractivity contribution >= 4 is 5.65 Å². The Morgan fingerprint density at radius 3 is 2.80 bits per heavy atom. The summed E-state index contributed by atoms with van der Waals surface area (Å²) >= 11 is 0. The Balaban J connectivity index is 1.37. The fourth-order valence-corrected chi connectivity index (χ4v) is 3.93. The molecule has 1 atom stereocenters. The highest BCUT2D eigenvalue weighted by molar-refractivity contribution is 5.39. The van der Waals surface area contributed by atoms with Crippen LogP contribution in [0.1, 0.15) is 68.0 Å². The molecular weight excluding hydrogens is 314 g/mol. The normalized spacial score (nSPS) is 22.3. The molecule has 0 spiro atoms. The molecule has 1 saturated carbocycles. The molecule has 3 aromatic heterocycles. The first kappa shape index (κ1) is 15.1. The molecule has 5 rings (SSSR count). The fraction of sp³-hybridized carbons (Fsp3) is 0.526. The maximum atomic E-state index is 6.06. The van der Waals surface area contributed by atoms with Crippen LogP contribution in [0.25, 0.3) is 5.65 Å². The summed E-state index contributed by atoms with van der Waals surface area (Å²) in [5, 5.41) is 8.72. The molecule has 2 fully saturated rings. The summed E-state index contributed by atoms with van der Waals surface area (Å²) in [6.45, 7) is 1.88. The molecule has 1 aliphatic heterocycles. The molecule has 0 aromatic carbocycles. The number of nitrogens with zero attached hydrogens (tertiary/aromatic N) is 5. The van der Waals surface area contributed by atoms with E-state index >= 15 is 0 Å². The van der Waals surface area contributed by atoms with Gasteiger partial charge in [-0.15, -0.1) is 10.2 Å². The molecule has 0 bridgehead atoms. The van der Waals surface area contributed by atoms with Crippen molar-refractivity contribution in [1.82, 2.24) is 24.5 Å². The highest BCUT2D eigenvalue weighted by Gasteiger charge is 2.31. The number of aromatic nitrogens is 4. The number of rotatable bonds is 4. The van der Waals surface area contributed by atoms with E-state index in [2.05, 4.69) is 25.7 Å². The molecule has 130 valence electrons. The molecule has 4 heterocycles.